The van der Waals surface area contributed by atoms with Gasteiger partial charge in [-0.05, 0) is 47.1 Å². The van der Waals surface area contributed by atoms with Gasteiger partial charge in [0.1, 0.15) is 0 Å². The summed E-state index contributed by atoms with van der Waals surface area (Å²) in [5, 5.41) is 3.20. The Hall–Kier alpha value is -1.46. The van der Waals surface area contributed by atoms with Gasteiger partial charge in [0, 0.05) is 5.02 Å². The molecule has 2 rings (SSSR count). The molecule has 1 N–H and O–H groups in total. The third kappa shape index (κ3) is 3.30. The minimum atomic E-state index is -0.361. The van der Waals surface area contributed by atoms with E-state index in [-0.39, 0.29) is 11.7 Å². The highest BCUT2D eigenvalue weighted by molar-refractivity contribution is 9.10. The van der Waals surface area contributed by atoms with Gasteiger partial charge in [-0.25, -0.2) is 0 Å². The van der Waals surface area contributed by atoms with Gasteiger partial charge in [-0.15, -0.1) is 0 Å². The summed E-state index contributed by atoms with van der Waals surface area (Å²) >= 11 is 9.32. The molecule has 0 fully saturated rings. The summed E-state index contributed by atoms with van der Waals surface area (Å²) in [6, 6.07) is 6.55. The molecule has 0 aliphatic rings. The van der Waals surface area contributed by atoms with Crippen molar-refractivity contribution in [3.8, 4) is 5.75 Å². The molecule has 0 spiro atoms. The molecule has 1 aromatic heterocycles. The average molecular weight is 345 g/mol. The van der Waals surface area contributed by atoms with Crippen molar-refractivity contribution < 1.29 is 13.9 Å². The number of hydrogen-bond donors (Lipinski definition) is 1. The summed E-state index contributed by atoms with van der Waals surface area (Å²) in [6.45, 7) is 2.34. The molecule has 1 heterocycles. The fraction of sp³-hybridized carbons (Fsp3) is 0.154. The number of nitrogens with one attached hydrogen (secondary N) is 1. The molecule has 19 heavy (non-hydrogen) atoms. The topological polar surface area (TPSA) is 51.5 Å². The minimum Gasteiger partial charge on any atom is -0.491 e. The maximum atomic E-state index is 11.9. The molecule has 2 aromatic rings. The summed E-state index contributed by atoms with van der Waals surface area (Å²) in [7, 11) is 0. The van der Waals surface area contributed by atoms with Gasteiger partial charge in [-0.3, -0.25) is 4.79 Å². The third-order valence-electron chi connectivity index (χ3n) is 2.29. The number of carbonyl (C=O) groups excluding carboxylic acids is 1. The zero-order chi connectivity index (χ0) is 13.8. The van der Waals surface area contributed by atoms with Crippen LogP contribution in [0.25, 0.3) is 0 Å². The van der Waals surface area contributed by atoms with Crippen LogP contribution >= 0.6 is 27.5 Å². The second-order valence-corrected chi connectivity index (χ2v) is 4.92. The van der Waals surface area contributed by atoms with Crippen molar-refractivity contribution in [3.05, 3.63) is 45.8 Å². The van der Waals surface area contributed by atoms with Crippen LogP contribution in [0.2, 0.25) is 5.02 Å². The van der Waals surface area contributed by atoms with Gasteiger partial charge < -0.3 is 14.5 Å². The third-order valence-corrected chi connectivity index (χ3v) is 3.10. The van der Waals surface area contributed by atoms with Crippen molar-refractivity contribution in [1.29, 1.82) is 0 Å². The summed E-state index contributed by atoms with van der Waals surface area (Å²) in [5.74, 6) is 0.394. The molecular weight excluding hydrogens is 334 g/mol. The predicted molar refractivity (Wildman–Crippen MR) is 77.0 cm³/mol. The maximum Gasteiger partial charge on any atom is 0.291 e. The smallest absolute Gasteiger partial charge is 0.291 e. The zero-order valence-electron chi connectivity index (χ0n) is 10.1. The lowest BCUT2D eigenvalue weighted by Crippen LogP contribution is -2.12. The summed E-state index contributed by atoms with van der Waals surface area (Å²) in [5.41, 5.74) is 0.489. The van der Waals surface area contributed by atoms with Crippen molar-refractivity contribution in [2.75, 3.05) is 11.9 Å². The highest BCUT2D eigenvalue weighted by Crippen LogP contribution is 2.36. The standard InChI is InChI=1S/C13H11BrClNO3/c1-2-18-12-9(14)6-8(15)7-10(12)16-13(17)11-4-3-5-19-11/h3-7H,2H2,1H3,(H,16,17). The van der Waals surface area contributed by atoms with Crippen molar-refractivity contribution >= 4 is 39.1 Å². The van der Waals surface area contributed by atoms with Crippen LogP contribution in [-0.4, -0.2) is 12.5 Å². The second kappa shape index (κ2) is 6.12. The molecule has 0 aliphatic heterocycles. The molecule has 1 aromatic carbocycles. The van der Waals surface area contributed by atoms with Gasteiger partial charge in [-0.2, -0.15) is 0 Å². The Kier molecular flexibility index (Phi) is 4.50. The predicted octanol–water partition coefficient (Wildman–Crippen LogP) is 4.35. The molecule has 0 bridgehead atoms. The van der Waals surface area contributed by atoms with Gasteiger partial charge in [0.2, 0.25) is 0 Å². The van der Waals surface area contributed by atoms with Crippen LogP contribution in [0.1, 0.15) is 17.5 Å². The summed E-state index contributed by atoms with van der Waals surface area (Å²) in [6.07, 6.45) is 1.44. The van der Waals surface area contributed by atoms with E-state index in [1.54, 1.807) is 24.3 Å². The lowest BCUT2D eigenvalue weighted by Gasteiger charge is -2.13. The van der Waals surface area contributed by atoms with E-state index in [9.17, 15) is 4.79 Å². The quantitative estimate of drug-likeness (QED) is 0.897. The van der Waals surface area contributed by atoms with Crippen LogP contribution in [0.15, 0.2) is 39.4 Å². The fourth-order valence-corrected chi connectivity index (χ4v) is 2.46. The van der Waals surface area contributed by atoms with Crippen LogP contribution in [0.4, 0.5) is 5.69 Å². The Morgan fingerprint density at radius 1 is 1.53 bits per heavy atom. The molecule has 0 radical (unpaired) electrons. The highest BCUT2D eigenvalue weighted by Gasteiger charge is 2.15. The van der Waals surface area contributed by atoms with E-state index in [0.29, 0.717) is 27.5 Å². The van der Waals surface area contributed by atoms with E-state index in [2.05, 4.69) is 21.2 Å². The summed E-state index contributed by atoms with van der Waals surface area (Å²) < 4.78 is 11.2. The first-order valence-electron chi connectivity index (χ1n) is 5.58. The summed E-state index contributed by atoms with van der Waals surface area (Å²) in [4.78, 5) is 11.9. The van der Waals surface area contributed by atoms with E-state index in [1.807, 2.05) is 6.92 Å². The number of benzene rings is 1. The van der Waals surface area contributed by atoms with E-state index in [4.69, 9.17) is 20.8 Å². The Labute approximate surface area is 123 Å². The molecule has 4 nitrogen and oxygen atoms in total. The van der Waals surface area contributed by atoms with Gasteiger partial charge >= 0.3 is 0 Å². The molecule has 6 heteroatoms. The van der Waals surface area contributed by atoms with Crippen LogP contribution in [0, 0.1) is 0 Å². The Morgan fingerprint density at radius 3 is 2.95 bits per heavy atom. The van der Waals surface area contributed by atoms with Crippen LogP contribution in [-0.2, 0) is 0 Å². The number of anilines is 1. The highest BCUT2D eigenvalue weighted by atomic mass is 79.9. The van der Waals surface area contributed by atoms with Crippen molar-refractivity contribution in [2.24, 2.45) is 0 Å². The van der Waals surface area contributed by atoms with E-state index in [1.165, 1.54) is 6.26 Å². The maximum absolute atomic E-state index is 11.9. The Balaban J connectivity index is 2.30. The number of amides is 1. The van der Waals surface area contributed by atoms with Gasteiger partial charge in [-0.1, -0.05) is 11.6 Å². The molecule has 100 valence electrons. The molecule has 0 saturated carbocycles. The molecule has 0 unspecified atom stereocenters. The van der Waals surface area contributed by atoms with Crippen molar-refractivity contribution in [2.45, 2.75) is 6.92 Å². The van der Waals surface area contributed by atoms with Crippen molar-refractivity contribution in [3.63, 3.8) is 0 Å². The fourth-order valence-electron chi connectivity index (χ4n) is 1.54. The SMILES string of the molecule is CCOc1c(Br)cc(Cl)cc1NC(=O)c1ccco1. The van der Waals surface area contributed by atoms with Crippen LogP contribution in [0.5, 0.6) is 5.75 Å². The Bertz CT molecular complexity index is 584. The molecule has 0 saturated heterocycles. The number of furan rings is 1. The number of hydrogen-bond acceptors (Lipinski definition) is 3. The molecule has 1 amide bonds. The second-order valence-electron chi connectivity index (χ2n) is 3.63. The molecule has 0 aliphatic carbocycles. The van der Waals surface area contributed by atoms with Crippen LogP contribution in [0.3, 0.4) is 0 Å². The lowest BCUT2D eigenvalue weighted by molar-refractivity contribution is 0.0996. The number of carbonyl (C=O) groups is 1. The first-order valence-corrected chi connectivity index (χ1v) is 6.75. The number of rotatable bonds is 4. The largest absolute Gasteiger partial charge is 0.491 e. The van der Waals surface area contributed by atoms with Gasteiger partial charge in [0.25, 0.3) is 5.91 Å². The first-order chi connectivity index (χ1) is 9.11. The normalized spacial score (nSPS) is 10.3. The van der Waals surface area contributed by atoms with E-state index < -0.39 is 0 Å². The van der Waals surface area contributed by atoms with Crippen molar-refractivity contribution in [1.82, 2.24) is 0 Å². The van der Waals surface area contributed by atoms with E-state index in [0.717, 1.165) is 0 Å². The van der Waals surface area contributed by atoms with Gasteiger partial charge in [0.15, 0.2) is 11.5 Å². The first kappa shape index (κ1) is 14.0. The lowest BCUT2D eigenvalue weighted by atomic mass is 10.2. The monoisotopic (exact) mass is 343 g/mol. The van der Waals surface area contributed by atoms with Crippen LogP contribution < -0.4 is 10.1 Å². The number of halogens is 2. The Morgan fingerprint density at radius 2 is 2.32 bits per heavy atom. The van der Waals surface area contributed by atoms with E-state index >= 15 is 0 Å². The zero-order valence-corrected chi connectivity index (χ0v) is 12.4. The molecular formula is C13H11BrClNO3. The van der Waals surface area contributed by atoms with Gasteiger partial charge in [0.05, 0.1) is 23.0 Å². The average Bonchev–Trinajstić information content (AvgIpc) is 2.87. The number of ether oxygens (including phenoxy) is 1. The molecule has 0 atom stereocenters. The minimum absolute atomic E-state index is 0.221.